The minimum absolute atomic E-state index is 0.301. The molecule has 0 aromatic heterocycles. The molecule has 1 saturated heterocycles. The van der Waals surface area contributed by atoms with E-state index in [9.17, 15) is 4.79 Å². The summed E-state index contributed by atoms with van der Waals surface area (Å²) in [6, 6.07) is 13.4. The molecule has 2 aliphatic heterocycles. The summed E-state index contributed by atoms with van der Waals surface area (Å²) in [6.07, 6.45) is 0.304. The minimum atomic E-state index is -0.703. The molecule has 2 aromatic carbocycles. The van der Waals surface area contributed by atoms with Crippen LogP contribution in [0, 0.1) is 0 Å². The molecule has 2 heterocycles. The second-order valence-corrected chi connectivity index (χ2v) is 8.55. The van der Waals surface area contributed by atoms with Crippen molar-refractivity contribution >= 4 is 27.7 Å². The fourth-order valence-electron chi connectivity index (χ4n) is 3.90. The van der Waals surface area contributed by atoms with Gasteiger partial charge in [-0.25, -0.2) is 4.79 Å². The zero-order valence-corrected chi connectivity index (χ0v) is 16.4. The standard InChI is InChI=1S/C20H21BrN2O3/c1-19(2)11-20(16-9-14(21)5-8-17(16)25-19)12-23(18(24)26-20)10-13-3-6-15(22)7-4-13/h3-9H,10-12,22H2,1-2H3. The summed E-state index contributed by atoms with van der Waals surface area (Å²) >= 11 is 3.52. The Labute approximate surface area is 161 Å². The Balaban J connectivity index is 1.68. The summed E-state index contributed by atoms with van der Waals surface area (Å²) in [5.74, 6) is 0.770. The van der Waals surface area contributed by atoms with Crippen LogP contribution in [0.4, 0.5) is 10.5 Å². The maximum Gasteiger partial charge on any atom is 0.411 e. The number of nitrogen functional groups attached to an aromatic ring is 1. The van der Waals surface area contributed by atoms with Gasteiger partial charge in [0.1, 0.15) is 11.4 Å². The average molecular weight is 417 g/mol. The van der Waals surface area contributed by atoms with Gasteiger partial charge in [-0.3, -0.25) is 4.90 Å². The van der Waals surface area contributed by atoms with Crippen LogP contribution in [0.5, 0.6) is 5.75 Å². The third-order valence-electron chi connectivity index (χ3n) is 4.87. The summed E-state index contributed by atoms with van der Waals surface area (Å²) < 4.78 is 13.0. The molecule has 26 heavy (non-hydrogen) atoms. The highest BCUT2D eigenvalue weighted by Crippen LogP contribution is 2.49. The van der Waals surface area contributed by atoms with Crippen molar-refractivity contribution in [3.8, 4) is 5.75 Å². The van der Waals surface area contributed by atoms with E-state index in [-0.39, 0.29) is 6.09 Å². The zero-order valence-electron chi connectivity index (χ0n) is 14.8. The van der Waals surface area contributed by atoms with Crippen LogP contribution >= 0.6 is 15.9 Å². The molecule has 0 saturated carbocycles. The van der Waals surface area contributed by atoms with E-state index in [0.717, 1.165) is 21.3 Å². The number of ether oxygens (including phenoxy) is 2. The molecule has 1 fully saturated rings. The Hall–Kier alpha value is -2.21. The Morgan fingerprint density at radius 3 is 2.62 bits per heavy atom. The Bertz CT molecular complexity index is 866. The normalized spacial score (nSPS) is 23.5. The van der Waals surface area contributed by atoms with Gasteiger partial charge in [0.05, 0.1) is 6.54 Å². The molecule has 0 bridgehead atoms. The molecule has 1 unspecified atom stereocenters. The number of anilines is 1. The van der Waals surface area contributed by atoms with Crippen LogP contribution < -0.4 is 10.5 Å². The quantitative estimate of drug-likeness (QED) is 0.734. The van der Waals surface area contributed by atoms with Gasteiger partial charge in [0.15, 0.2) is 5.60 Å². The van der Waals surface area contributed by atoms with Crippen molar-refractivity contribution in [3.05, 3.63) is 58.1 Å². The lowest BCUT2D eigenvalue weighted by Crippen LogP contribution is -2.46. The van der Waals surface area contributed by atoms with Crippen LogP contribution in [0.2, 0.25) is 0 Å². The number of nitrogens with zero attached hydrogens (tertiary/aromatic N) is 1. The highest BCUT2D eigenvalue weighted by atomic mass is 79.9. The van der Waals surface area contributed by atoms with Crippen LogP contribution in [0.1, 0.15) is 31.4 Å². The Kier molecular flexibility index (Phi) is 3.91. The maximum atomic E-state index is 12.7. The van der Waals surface area contributed by atoms with Crippen molar-refractivity contribution in [1.82, 2.24) is 4.90 Å². The predicted octanol–water partition coefficient (Wildman–Crippen LogP) is 4.44. The fourth-order valence-corrected chi connectivity index (χ4v) is 4.26. The van der Waals surface area contributed by atoms with Crippen LogP contribution in [-0.4, -0.2) is 23.1 Å². The first-order valence-electron chi connectivity index (χ1n) is 8.58. The smallest absolute Gasteiger partial charge is 0.411 e. The van der Waals surface area contributed by atoms with Gasteiger partial charge in [-0.2, -0.15) is 0 Å². The number of rotatable bonds is 2. The van der Waals surface area contributed by atoms with E-state index in [1.807, 2.05) is 56.3 Å². The molecule has 0 aliphatic carbocycles. The number of benzene rings is 2. The minimum Gasteiger partial charge on any atom is -0.487 e. The molecule has 6 heteroatoms. The lowest BCUT2D eigenvalue weighted by atomic mass is 9.80. The van der Waals surface area contributed by atoms with E-state index >= 15 is 0 Å². The van der Waals surface area contributed by atoms with Crippen molar-refractivity contribution in [1.29, 1.82) is 0 Å². The van der Waals surface area contributed by atoms with E-state index in [1.54, 1.807) is 4.90 Å². The molecular formula is C20H21BrN2O3. The Morgan fingerprint density at radius 1 is 1.15 bits per heavy atom. The molecular weight excluding hydrogens is 396 g/mol. The molecule has 2 aromatic rings. The van der Waals surface area contributed by atoms with Gasteiger partial charge in [-0.05, 0) is 49.7 Å². The molecule has 5 nitrogen and oxygen atoms in total. The number of halogens is 1. The van der Waals surface area contributed by atoms with E-state index in [1.165, 1.54) is 0 Å². The van der Waals surface area contributed by atoms with Gasteiger partial charge >= 0.3 is 6.09 Å². The second-order valence-electron chi connectivity index (χ2n) is 7.64. The lowest BCUT2D eigenvalue weighted by molar-refractivity contribution is -0.0446. The van der Waals surface area contributed by atoms with E-state index < -0.39 is 11.2 Å². The highest BCUT2D eigenvalue weighted by Gasteiger charge is 2.54. The number of amides is 1. The van der Waals surface area contributed by atoms with Crippen molar-refractivity contribution in [3.63, 3.8) is 0 Å². The van der Waals surface area contributed by atoms with Crippen molar-refractivity contribution in [2.75, 3.05) is 12.3 Å². The summed E-state index contributed by atoms with van der Waals surface area (Å²) in [4.78, 5) is 14.4. The van der Waals surface area contributed by atoms with Crippen LogP contribution in [0.15, 0.2) is 46.9 Å². The van der Waals surface area contributed by atoms with Gasteiger partial charge in [0, 0.05) is 28.7 Å². The largest absolute Gasteiger partial charge is 0.487 e. The van der Waals surface area contributed by atoms with Gasteiger partial charge in [0.25, 0.3) is 0 Å². The first-order chi connectivity index (χ1) is 12.3. The number of nitrogens with two attached hydrogens (primary N) is 1. The Morgan fingerprint density at radius 2 is 1.88 bits per heavy atom. The predicted molar refractivity (Wildman–Crippen MR) is 103 cm³/mol. The fraction of sp³-hybridized carbons (Fsp3) is 0.350. The molecule has 0 radical (unpaired) electrons. The maximum absolute atomic E-state index is 12.7. The zero-order chi connectivity index (χ0) is 18.5. The third-order valence-corrected chi connectivity index (χ3v) is 5.36. The van der Waals surface area contributed by atoms with E-state index in [2.05, 4.69) is 15.9 Å². The number of carbonyl (C=O) groups excluding carboxylic acids is 1. The molecule has 2 aliphatic rings. The SMILES string of the molecule is CC1(C)CC2(CN(Cc3ccc(N)cc3)C(=O)O2)c2cc(Br)ccc2O1. The topological polar surface area (TPSA) is 64.8 Å². The van der Waals surface area contributed by atoms with E-state index in [0.29, 0.717) is 25.2 Å². The molecule has 1 amide bonds. The van der Waals surface area contributed by atoms with Gasteiger partial charge in [0.2, 0.25) is 0 Å². The van der Waals surface area contributed by atoms with Gasteiger partial charge in [-0.15, -0.1) is 0 Å². The molecule has 1 atom stereocenters. The van der Waals surface area contributed by atoms with Crippen LogP contribution in [0.3, 0.4) is 0 Å². The van der Waals surface area contributed by atoms with Gasteiger partial charge in [-0.1, -0.05) is 28.1 Å². The first kappa shape index (κ1) is 17.2. The van der Waals surface area contributed by atoms with Crippen molar-refractivity contribution in [2.24, 2.45) is 0 Å². The number of carbonyl (C=O) groups is 1. The third kappa shape index (κ3) is 3.03. The van der Waals surface area contributed by atoms with Crippen molar-refractivity contribution < 1.29 is 14.3 Å². The van der Waals surface area contributed by atoms with Gasteiger partial charge < -0.3 is 15.2 Å². The molecule has 4 rings (SSSR count). The number of hydrogen-bond donors (Lipinski definition) is 1. The lowest BCUT2D eigenvalue weighted by Gasteiger charge is -2.42. The van der Waals surface area contributed by atoms with E-state index in [4.69, 9.17) is 15.2 Å². The average Bonchev–Trinajstić information content (AvgIpc) is 2.85. The summed E-state index contributed by atoms with van der Waals surface area (Å²) in [6.45, 7) is 5.03. The number of fused-ring (bicyclic) bond motifs is 2. The van der Waals surface area contributed by atoms with Crippen LogP contribution in [0.25, 0.3) is 0 Å². The van der Waals surface area contributed by atoms with Crippen molar-refractivity contribution in [2.45, 2.75) is 38.0 Å². The molecule has 136 valence electrons. The summed E-state index contributed by atoms with van der Waals surface area (Å²) in [5, 5.41) is 0. The molecule has 2 N–H and O–H groups in total. The van der Waals surface area contributed by atoms with Crippen LogP contribution in [-0.2, 0) is 16.9 Å². The summed E-state index contributed by atoms with van der Waals surface area (Å²) in [7, 11) is 0. The molecule has 1 spiro atoms. The second kappa shape index (κ2) is 5.91. The first-order valence-corrected chi connectivity index (χ1v) is 9.37. The number of hydrogen-bond acceptors (Lipinski definition) is 4. The highest BCUT2D eigenvalue weighted by molar-refractivity contribution is 9.10. The summed E-state index contributed by atoms with van der Waals surface area (Å²) in [5.41, 5.74) is 7.27. The monoisotopic (exact) mass is 416 g/mol.